The van der Waals surface area contributed by atoms with Crippen molar-refractivity contribution in [3.63, 3.8) is 0 Å². The molecule has 1 spiro atoms. The van der Waals surface area contributed by atoms with Crippen LogP contribution in [0.2, 0.25) is 0 Å². The summed E-state index contributed by atoms with van der Waals surface area (Å²) in [5.74, 6) is 0.324. The predicted octanol–water partition coefficient (Wildman–Crippen LogP) is 2.37. The van der Waals surface area contributed by atoms with Crippen LogP contribution in [0.3, 0.4) is 0 Å². The number of benzene rings is 1. The van der Waals surface area contributed by atoms with Gasteiger partial charge >= 0.3 is 0 Å². The number of likely N-dealkylation sites (tertiary alicyclic amines) is 2. The molecule has 2 aliphatic rings. The number of amides is 2. The van der Waals surface area contributed by atoms with Crippen LogP contribution < -0.4 is 0 Å². The van der Waals surface area contributed by atoms with Crippen molar-refractivity contribution in [3.05, 3.63) is 35.4 Å². The van der Waals surface area contributed by atoms with E-state index in [0.717, 1.165) is 25.8 Å². The maximum absolute atomic E-state index is 13.2. The second kappa shape index (κ2) is 7.56. The summed E-state index contributed by atoms with van der Waals surface area (Å²) in [6, 6.07) is 8.34. The predicted molar refractivity (Wildman–Crippen MR) is 96.0 cm³/mol. The highest BCUT2D eigenvalue weighted by Gasteiger charge is 2.49. The van der Waals surface area contributed by atoms with Crippen molar-refractivity contribution in [2.45, 2.75) is 39.2 Å². The first-order valence-electron chi connectivity index (χ1n) is 9.16. The third-order valence-corrected chi connectivity index (χ3v) is 5.51. The van der Waals surface area contributed by atoms with Crippen LogP contribution in [0.1, 0.15) is 36.8 Å². The second-order valence-corrected chi connectivity index (χ2v) is 7.41. The molecule has 2 aliphatic heterocycles. The van der Waals surface area contributed by atoms with Crippen molar-refractivity contribution in [2.75, 3.05) is 33.4 Å². The van der Waals surface area contributed by atoms with E-state index in [1.165, 1.54) is 11.1 Å². The quantitative estimate of drug-likeness (QED) is 0.824. The van der Waals surface area contributed by atoms with E-state index in [1.54, 1.807) is 7.11 Å². The Balaban J connectivity index is 1.67. The van der Waals surface area contributed by atoms with E-state index in [1.807, 2.05) is 15.9 Å². The fourth-order valence-electron chi connectivity index (χ4n) is 4.15. The molecule has 1 aromatic carbocycles. The van der Waals surface area contributed by atoms with Gasteiger partial charge < -0.3 is 14.5 Å². The molecule has 0 radical (unpaired) electrons. The van der Waals surface area contributed by atoms with Gasteiger partial charge in [0.1, 0.15) is 0 Å². The monoisotopic (exact) mass is 344 g/mol. The van der Waals surface area contributed by atoms with Crippen LogP contribution in [0.25, 0.3) is 0 Å². The highest BCUT2D eigenvalue weighted by atomic mass is 16.5. The van der Waals surface area contributed by atoms with Gasteiger partial charge in [-0.15, -0.1) is 0 Å². The van der Waals surface area contributed by atoms with Crippen LogP contribution in [-0.4, -0.2) is 55.0 Å². The first-order valence-corrected chi connectivity index (χ1v) is 9.16. The largest absolute Gasteiger partial charge is 0.384 e. The Hall–Kier alpha value is -1.88. The van der Waals surface area contributed by atoms with E-state index in [9.17, 15) is 9.59 Å². The van der Waals surface area contributed by atoms with Crippen LogP contribution in [0.4, 0.5) is 0 Å². The Bertz CT molecular complexity index is 646. The van der Waals surface area contributed by atoms with Gasteiger partial charge in [0, 0.05) is 33.3 Å². The zero-order chi connectivity index (χ0) is 17.9. The van der Waals surface area contributed by atoms with Gasteiger partial charge in [0.15, 0.2) is 0 Å². The van der Waals surface area contributed by atoms with Gasteiger partial charge in [-0.3, -0.25) is 9.59 Å². The molecule has 2 amide bonds. The lowest BCUT2D eigenvalue weighted by Gasteiger charge is -2.39. The number of piperidine rings is 1. The number of nitrogens with zero attached hydrogens (tertiary/aromatic N) is 2. The maximum Gasteiger partial charge on any atom is 0.230 e. The number of carbonyl (C=O) groups is 2. The Morgan fingerprint density at radius 1 is 1.28 bits per heavy atom. The summed E-state index contributed by atoms with van der Waals surface area (Å²) in [6.07, 6.45) is 3.09. The maximum atomic E-state index is 13.2. The van der Waals surface area contributed by atoms with E-state index in [2.05, 4.69) is 25.1 Å². The van der Waals surface area contributed by atoms with Gasteiger partial charge in [-0.1, -0.05) is 29.8 Å². The van der Waals surface area contributed by atoms with Crippen LogP contribution in [-0.2, 0) is 20.9 Å². The van der Waals surface area contributed by atoms with E-state index < -0.39 is 0 Å². The average molecular weight is 344 g/mol. The van der Waals surface area contributed by atoms with Crippen LogP contribution in [0.15, 0.2) is 24.3 Å². The summed E-state index contributed by atoms with van der Waals surface area (Å²) in [5.41, 5.74) is 2.02. The van der Waals surface area contributed by atoms with Crippen LogP contribution in [0, 0.1) is 12.3 Å². The Morgan fingerprint density at radius 2 is 2.12 bits per heavy atom. The van der Waals surface area contributed by atoms with E-state index in [-0.39, 0.29) is 17.2 Å². The molecule has 0 saturated carbocycles. The van der Waals surface area contributed by atoms with Gasteiger partial charge in [0.2, 0.25) is 11.8 Å². The molecule has 25 heavy (non-hydrogen) atoms. The highest BCUT2D eigenvalue weighted by molar-refractivity contribution is 5.86. The highest BCUT2D eigenvalue weighted by Crippen LogP contribution is 2.40. The number of hydrogen-bond acceptors (Lipinski definition) is 3. The molecular weight excluding hydrogens is 316 g/mol. The summed E-state index contributed by atoms with van der Waals surface area (Å²) >= 11 is 0. The lowest BCUT2D eigenvalue weighted by Crippen LogP contribution is -2.50. The van der Waals surface area contributed by atoms with Crippen molar-refractivity contribution >= 4 is 11.8 Å². The summed E-state index contributed by atoms with van der Waals surface area (Å²) in [7, 11) is 1.60. The minimum Gasteiger partial charge on any atom is -0.384 e. The molecule has 0 N–H and O–H groups in total. The van der Waals surface area contributed by atoms with Crippen molar-refractivity contribution in [2.24, 2.45) is 5.41 Å². The van der Waals surface area contributed by atoms with E-state index in [0.29, 0.717) is 32.7 Å². The SMILES string of the molecule is COCCC(=O)N1CCC2(CCCN(Cc3cccc(C)c3)C2=O)C1. The molecule has 0 aliphatic carbocycles. The second-order valence-electron chi connectivity index (χ2n) is 7.41. The smallest absolute Gasteiger partial charge is 0.230 e. The standard InChI is InChI=1S/C20H28N2O3/c1-16-5-3-6-17(13-16)14-21-10-4-8-20(19(21)24)9-11-22(15-20)18(23)7-12-25-2/h3,5-6,13H,4,7-12,14-15H2,1-2H3. The molecule has 1 atom stereocenters. The van der Waals surface area contributed by atoms with Gasteiger partial charge in [0.25, 0.3) is 0 Å². The van der Waals surface area contributed by atoms with Gasteiger partial charge in [-0.2, -0.15) is 0 Å². The third kappa shape index (κ3) is 3.87. The zero-order valence-corrected chi connectivity index (χ0v) is 15.3. The molecule has 5 nitrogen and oxygen atoms in total. The number of hydrogen-bond donors (Lipinski definition) is 0. The number of rotatable bonds is 5. The normalized spacial score (nSPS) is 23.5. The van der Waals surface area contributed by atoms with Crippen molar-refractivity contribution in [1.82, 2.24) is 9.80 Å². The number of carbonyl (C=O) groups excluding carboxylic acids is 2. The van der Waals surface area contributed by atoms with Gasteiger partial charge in [0.05, 0.1) is 18.4 Å². The molecule has 1 unspecified atom stereocenters. The average Bonchev–Trinajstić information content (AvgIpc) is 3.02. The van der Waals surface area contributed by atoms with Crippen molar-refractivity contribution in [3.8, 4) is 0 Å². The molecular formula is C20H28N2O3. The third-order valence-electron chi connectivity index (χ3n) is 5.51. The zero-order valence-electron chi connectivity index (χ0n) is 15.3. The van der Waals surface area contributed by atoms with Gasteiger partial charge in [-0.25, -0.2) is 0 Å². The molecule has 3 rings (SSSR count). The molecule has 0 bridgehead atoms. The minimum absolute atomic E-state index is 0.0994. The Labute approximate surface area is 149 Å². The molecule has 2 heterocycles. The number of aryl methyl sites for hydroxylation is 1. The summed E-state index contributed by atoms with van der Waals surface area (Å²) < 4.78 is 5.00. The van der Waals surface area contributed by atoms with Crippen molar-refractivity contribution < 1.29 is 14.3 Å². The Morgan fingerprint density at radius 3 is 2.88 bits per heavy atom. The molecule has 0 aromatic heterocycles. The number of methoxy groups -OCH3 is 1. The summed E-state index contributed by atoms with van der Waals surface area (Å²) in [6.45, 7) is 5.25. The molecule has 5 heteroatoms. The fraction of sp³-hybridized carbons (Fsp3) is 0.600. The number of ether oxygens (including phenoxy) is 1. The van der Waals surface area contributed by atoms with Crippen LogP contribution >= 0.6 is 0 Å². The topological polar surface area (TPSA) is 49.9 Å². The van der Waals surface area contributed by atoms with E-state index in [4.69, 9.17) is 4.74 Å². The molecule has 2 saturated heterocycles. The first kappa shape index (κ1) is 17.9. The minimum atomic E-state index is -0.370. The molecule has 2 fully saturated rings. The summed E-state index contributed by atoms with van der Waals surface area (Å²) in [4.78, 5) is 29.3. The lowest BCUT2D eigenvalue weighted by atomic mass is 9.78. The van der Waals surface area contributed by atoms with Crippen LogP contribution in [0.5, 0.6) is 0 Å². The van der Waals surface area contributed by atoms with E-state index >= 15 is 0 Å². The molecule has 136 valence electrons. The summed E-state index contributed by atoms with van der Waals surface area (Å²) in [5, 5.41) is 0. The Kier molecular flexibility index (Phi) is 5.42. The lowest BCUT2D eigenvalue weighted by molar-refractivity contribution is -0.146. The first-order chi connectivity index (χ1) is 12.0. The van der Waals surface area contributed by atoms with Crippen molar-refractivity contribution in [1.29, 1.82) is 0 Å². The fourth-order valence-corrected chi connectivity index (χ4v) is 4.15. The molecule has 1 aromatic rings. The van der Waals surface area contributed by atoms with Gasteiger partial charge in [-0.05, 0) is 31.7 Å².